The van der Waals surface area contributed by atoms with E-state index in [9.17, 15) is 19.6 Å². The van der Waals surface area contributed by atoms with Crippen LogP contribution in [0.1, 0.15) is 64.1 Å². The largest absolute Gasteiger partial charge is 0.358 e. The van der Waals surface area contributed by atoms with Gasteiger partial charge in [-0.25, -0.2) is 0 Å². The summed E-state index contributed by atoms with van der Waals surface area (Å²) in [5, 5.41) is 14.9. The number of amides is 3. The molecule has 1 aromatic carbocycles. The molecule has 0 saturated carbocycles. The molecular formula is C25H27N5O3. The SMILES string of the molecule is Cc1[nH]c(/C=C2\C(=O)Nc3ccc(C#N)cc32)c(C)c1C(=O)NCCCN1CCCCC1=O. The lowest BCUT2D eigenvalue weighted by molar-refractivity contribution is -0.133. The number of aromatic nitrogens is 1. The lowest BCUT2D eigenvalue weighted by atomic mass is 10.0. The normalized spacial score (nSPS) is 16.5. The van der Waals surface area contributed by atoms with Crippen LogP contribution in [0.15, 0.2) is 18.2 Å². The van der Waals surface area contributed by atoms with E-state index in [0.29, 0.717) is 65.3 Å². The molecule has 0 unspecified atom stereocenters. The number of fused-ring (bicyclic) bond motifs is 1. The predicted octanol–water partition coefficient (Wildman–Crippen LogP) is 3.13. The number of carbonyl (C=O) groups excluding carboxylic acids is 3. The Bertz CT molecular complexity index is 1200. The van der Waals surface area contributed by atoms with Crippen molar-refractivity contribution in [2.24, 2.45) is 0 Å². The maximum Gasteiger partial charge on any atom is 0.256 e. The first-order valence-corrected chi connectivity index (χ1v) is 11.2. The van der Waals surface area contributed by atoms with Gasteiger partial charge in [-0.3, -0.25) is 14.4 Å². The third-order valence-corrected chi connectivity index (χ3v) is 6.24. The van der Waals surface area contributed by atoms with Crippen LogP contribution < -0.4 is 10.6 Å². The Morgan fingerprint density at radius 3 is 2.85 bits per heavy atom. The Morgan fingerprint density at radius 2 is 2.09 bits per heavy atom. The quantitative estimate of drug-likeness (QED) is 0.468. The molecule has 33 heavy (non-hydrogen) atoms. The van der Waals surface area contributed by atoms with Crippen molar-refractivity contribution in [3.63, 3.8) is 0 Å². The molecule has 3 N–H and O–H groups in total. The molecule has 3 heterocycles. The fourth-order valence-corrected chi connectivity index (χ4v) is 4.46. The molecule has 1 aromatic heterocycles. The van der Waals surface area contributed by atoms with Gasteiger partial charge in [-0.15, -0.1) is 0 Å². The summed E-state index contributed by atoms with van der Waals surface area (Å²) in [6.45, 7) is 5.60. The van der Waals surface area contributed by atoms with E-state index >= 15 is 0 Å². The molecule has 8 heteroatoms. The molecule has 0 atom stereocenters. The van der Waals surface area contributed by atoms with Crippen LogP contribution in [-0.2, 0) is 9.59 Å². The van der Waals surface area contributed by atoms with Gasteiger partial charge in [0, 0.05) is 48.7 Å². The standard InChI is InChI=1S/C25H27N5O3/c1-15-21(13-19-18-12-17(14-26)7-8-20(18)29-24(19)32)28-16(2)23(15)25(33)27-9-5-11-30-10-4-3-6-22(30)31/h7-8,12-13,28H,3-6,9-11H2,1-2H3,(H,27,33)(H,29,32)/b19-13-. The molecule has 1 saturated heterocycles. The summed E-state index contributed by atoms with van der Waals surface area (Å²) < 4.78 is 0. The summed E-state index contributed by atoms with van der Waals surface area (Å²) in [7, 11) is 0. The lowest BCUT2D eigenvalue weighted by Crippen LogP contribution is -2.37. The zero-order valence-corrected chi connectivity index (χ0v) is 18.9. The number of hydrogen-bond donors (Lipinski definition) is 3. The van der Waals surface area contributed by atoms with E-state index in [1.165, 1.54) is 0 Å². The maximum atomic E-state index is 12.9. The van der Waals surface area contributed by atoms with Crippen LogP contribution in [-0.4, -0.2) is 47.2 Å². The number of carbonyl (C=O) groups is 3. The Morgan fingerprint density at radius 1 is 1.27 bits per heavy atom. The molecule has 0 bridgehead atoms. The molecule has 3 amide bonds. The van der Waals surface area contributed by atoms with Crippen molar-refractivity contribution < 1.29 is 14.4 Å². The third-order valence-electron chi connectivity index (χ3n) is 6.24. The van der Waals surface area contributed by atoms with Crippen molar-refractivity contribution in [2.75, 3.05) is 25.0 Å². The van der Waals surface area contributed by atoms with Crippen LogP contribution in [0, 0.1) is 25.2 Å². The van der Waals surface area contributed by atoms with Gasteiger partial charge in [0.2, 0.25) is 5.91 Å². The number of anilines is 1. The molecule has 170 valence electrons. The second-order valence-electron chi connectivity index (χ2n) is 8.50. The molecule has 1 fully saturated rings. The van der Waals surface area contributed by atoms with Crippen molar-refractivity contribution in [2.45, 2.75) is 39.5 Å². The minimum Gasteiger partial charge on any atom is -0.358 e. The molecule has 2 aromatic rings. The van der Waals surface area contributed by atoms with E-state index in [0.717, 1.165) is 24.9 Å². The number of nitrogens with zero attached hydrogens (tertiary/aromatic N) is 2. The van der Waals surface area contributed by atoms with E-state index in [4.69, 9.17) is 0 Å². The molecule has 8 nitrogen and oxygen atoms in total. The minimum absolute atomic E-state index is 0.182. The van der Waals surface area contributed by atoms with E-state index in [-0.39, 0.29) is 17.7 Å². The molecular weight excluding hydrogens is 418 g/mol. The minimum atomic E-state index is -0.245. The number of nitriles is 1. The molecule has 0 aliphatic carbocycles. The van der Waals surface area contributed by atoms with E-state index in [1.807, 2.05) is 18.7 Å². The Kier molecular flexibility index (Phi) is 6.31. The van der Waals surface area contributed by atoms with Crippen molar-refractivity contribution >= 4 is 35.1 Å². The van der Waals surface area contributed by atoms with Crippen LogP contribution in [0.25, 0.3) is 11.6 Å². The number of rotatable bonds is 6. The number of nitrogens with one attached hydrogen (secondary N) is 3. The number of hydrogen-bond acceptors (Lipinski definition) is 4. The van der Waals surface area contributed by atoms with Gasteiger partial charge in [0.05, 0.1) is 22.8 Å². The highest BCUT2D eigenvalue weighted by atomic mass is 16.2. The van der Waals surface area contributed by atoms with Crippen molar-refractivity contribution in [1.82, 2.24) is 15.2 Å². The van der Waals surface area contributed by atoms with Crippen molar-refractivity contribution in [3.05, 3.63) is 51.8 Å². The highest BCUT2D eigenvalue weighted by molar-refractivity contribution is 6.35. The molecule has 4 rings (SSSR count). The fourth-order valence-electron chi connectivity index (χ4n) is 4.46. The summed E-state index contributed by atoms with van der Waals surface area (Å²) >= 11 is 0. The summed E-state index contributed by atoms with van der Waals surface area (Å²) in [6, 6.07) is 7.16. The summed E-state index contributed by atoms with van der Waals surface area (Å²) in [5.74, 6) is -0.231. The van der Waals surface area contributed by atoms with Crippen molar-refractivity contribution in [1.29, 1.82) is 5.26 Å². The first kappa shape index (κ1) is 22.3. The van der Waals surface area contributed by atoms with Gasteiger partial charge in [0.15, 0.2) is 0 Å². The zero-order valence-electron chi connectivity index (χ0n) is 18.9. The Balaban J connectivity index is 1.46. The molecule has 2 aliphatic rings. The number of aromatic amines is 1. The van der Waals surface area contributed by atoms with Gasteiger partial charge >= 0.3 is 0 Å². The van der Waals surface area contributed by atoms with Crippen LogP contribution in [0.3, 0.4) is 0 Å². The zero-order chi connectivity index (χ0) is 23.5. The van der Waals surface area contributed by atoms with Crippen LogP contribution in [0.4, 0.5) is 5.69 Å². The monoisotopic (exact) mass is 445 g/mol. The average molecular weight is 446 g/mol. The van der Waals surface area contributed by atoms with E-state index in [2.05, 4.69) is 21.7 Å². The summed E-state index contributed by atoms with van der Waals surface area (Å²) in [6.07, 6.45) is 5.05. The average Bonchev–Trinajstić information content (AvgIpc) is 3.26. The van der Waals surface area contributed by atoms with Gasteiger partial charge in [-0.2, -0.15) is 5.26 Å². The molecule has 2 aliphatic heterocycles. The maximum absolute atomic E-state index is 12.9. The number of likely N-dealkylation sites (tertiary alicyclic amines) is 1. The van der Waals surface area contributed by atoms with Gasteiger partial charge in [0.1, 0.15) is 0 Å². The van der Waals surface area contributed by atoms with Crippen LogP contribution in [0.5, 0.6) is 0 Å². The lowest BCUT2D eigenvalue weighted by Gasteiger charge is -2.26. The number of benzene rings is 1. The smallest absolute Gasteiger partial charge is 0.256 e. The van der Waals surface area contributed by atoms with Gasteiger partial charge in [-0.05, 0) is 62.9 Å². The van der Waals surface area contributed by atoms with Crippen LogP contribution >= 0.6 is 0 Å². The Labute approximate surface area is 192 Å². The summed E-state index contributed by atoms with van der Waals surface area (Å²) in [5.41, 5.74) is 4.96. The van der Waals surface area contributed by atoms with Gasteiger partial charge < -0.3 is 20.5 Å². The van der Waals surface area contributed by atoms with Crippen LogP contribution in [0.2, 0.25) is 0 Å². The number of H-pyrrole nitrogens is 1. The molecule has 0 radical (unpaired) electrons. The first-order valence-electron chi connectivity index (χ1n) is 11.2. The highest BCUT2D eigenvalue weighted by Gasteiger charge is 2.26. The second kappa shape index (κ2) is 9.33. The van der Waals surface area contributed by atoms with Gasteiger partial charge in [0.25, 0.3) is 11.8 Å². The Hall–Kier alpha value is -3.86. The fraction of sp³-hybridized carbons (Fsp3) is 0.360. The predicted molar refractivity (Wildman–Crippen MR) is 125 cm³/mol. The van der Waals surface area contributed by atoms with Crippen molar-refractivity contribution in [3.8, 4) is 6.07 Å². The first-order chi connectivity index (χ1) is 15.9. The van der Waals surface area contributed by atoms with E-state index < -0.39 is 0 Å². The summed E-state index contributed by atoms with van der Waals surface area (Å²) in [4.78, 5) is 42.3. The third kappa shape index (κ3) is 4.53. The van der Waals surface area contributed by atoms with E-state index in [1.54, 1.807) is 24.3 Å². The van der Waals surface area contributed by atoms with Gasteiger partial charge in [-0.1, -0.05) is 0 Å². The molecule has 0 spiro atoms. The topological polar surface area (TPSA) is 118 Å². The highest BCUT2D eigenvalue weighted by Crippen LogP contribution is 2.34. The second-order valence-corrected chi connectivity index (χ2v) is 8.50. The number of aryl methyl sites for hydroxylation is 1. The number of piperidine rings is 1.